The van der Waals surface area contributed by atoms with E-state index in [0.29, 0.717) is 17.8 Å². The molecule has 27 heavy (non-hydrogen) atoms. The molecule has 2 aromatic rings. The number of fused-ring (bicyclic) bond motifs is 1. The minimum atomic E-state index is -1.22. The first-order chi connectivity index (χ1) is 12.8. The lowest BCUT2D eigenvalue weighted by molar-refractivity contribution is -0.136. The van der Waals surface area contributed by atoms with Crippen molar-refractivity contribution in [1.82, 2.24) is 0 Å². The second-order valence-electron chi connectivity index (χ2n) is 7.40. The van der Waals surface area contributed by atoms with Crippen molar-refractivity contribution in [3.8, 4) is 0 Å². The number of carbonyl (C=O) groups is 3. The summed E-state index contributed by atoms with van der Waals surface area (Å²) in [6.45, 7) is 5.39. The van der Waals surface area contributed by atoms with E-state index in [0.717, 1.165) is 24.1 Å². The topological polar surface area (TPSA) is 66.5 Å². The molecule has 0 fully saturated rings. The number of hydrogen-bond acceptors (Lipinski definition) is 3. The van der Waals surface area contributed by atoms with E-state index in [2.05, 4.69) is 5.32 Å². The van der Waals surface area contributed by atoms with Gasteiger partial charge in [0.15, 0.2) is 5.78 Å². The maximum Gasteiger partial charge on any atom is 0.242 e. The normalized spacial score (nSPS) is 13.7. The third kappa shape index (κ3) is 3.77. The standard InChI is InChI=1S/C22H24N2O3/c1-15(25)16-10-12-18(13-11-16)23-20(26)22(2,3)21(27)24-14-6-8-17-7-4-5-9-19(17)24/h4-5,7,9-13H,6,8,14H2,1-3H3,(H,23,26). The van der Waals surface area contributed by atoms with E-state index < -0.39 is 5.41 Å². The minimum absolute atomic E-state index is 0.0350. The summed E-state index contributed by atoms with van der Waals surface area (Å²) < 4.78 is 0. The Labute approximate surface area is 159 Å². The lowest BCUT2D eigenvalue weighted by Gasteiger charge is -2.35. The lowest BCUT2D eigenvalue weighted by Crippen LogP contribution is -2.49. The molecular formula is C22H24N2O3. The molecule has 1 aliphatic heterocycles. The Hall–Kier alpha value is -2.95. The smallest absolute Gasteiger partial charge is 0.242 e. The van der Waals surface area contributed by atoms with Crippen molar-refractivity contribution in [2.75, 3.05) is 16.8 Å². The van der Waals surface area contributed by atoms with Crippen molar-refractivity contribution in [3.63, 3.8) is 0 Å². The van der Waals surface area contributed by atoms with Gasteiger partial charge in [-0.3, -0.25) is 14.4 Å². The SMILES string of the molecule is CC(=O)c1ccc(NC(=O)C(C)(C)C(=O)N2CCCc3ccccc32)cc1. The molecule has 0 radical (unpaired) electrons. The van der Waals surface area contributed by atoms with Crippen molar-refractivity contribution >= 4 is 29.0 Å². The first-order valence-electron chi connectivity index (χ1n) is 9.13. The highest BCUT2D eigenvalue weighted by atomic mass is 16.2. The summed E-state index contributed by atoms with van der Waals surface area (Å²) in [4.78, 5) is 39.1. The average Bonchev–Trinajstić information content (AvgIpc) is 2.67. The highest BCUT2D eigenvalue weighted by molar-refractivity contribution is 6.15. The third-order valence-electron chi connectivity index (χ3n) is 5.01. The molecule has 5 heteroatoms. The summed E-state index contributed by atoms with van der Waals surface area (Å²) in [7, 11) is 0. The zero-order valence-electron chi connectivity index (χ0n) is 15.9. The van der Waals surface area contributed by atoms with Crippen LogP contribution in [0, 0.1) is 5.41 Å². The summed E-state index contributed by atoms with van der Waals surface area (Å²) in [6.07, 6.45) is 1.82. The average molecular weight is 364 g/mol. The van der Waals surface area contributed by atoms with E-state index in [1.807, 2.05) is 24.3 Å². The Kier molecular flexibility index (Phi) is 5.13. The molecule has 3 rings (SSSR count). The van der Waals surface area contributed by atoms with E-state index in [4.69, 9.17) is 0 Å². The highest BCUT2D eigenvalue weighted by Crippen LogP contribution is 2.31. The summed E-state index contributed by atoms with van der Waals surface area (Å²) in [6, 6.07) is 14.5. The summed E-state index contributed by atoms with van der Waals surface area (Å²) >= 11 is 0. The van der Waals surface area contributed by atoms with Crippen molar-refractivity contribution in [2.45, 2.75) is 33.6 Å². The maximum absolute atomic E-state index is 13.2. The predicted molar refractivity (Wildman–Crippen MR) is 106 cm³/mol. The van der Waals surface area contributed by atoms with Crippen LogP contribution in [0.3, 0.4) is 0 Å². The van der Waals surface area contributed by atoms with Gasteiger partial charge in [0.05, 0.1) is 0 Å². The Morgan fingerprint density at radius 2 is 1.67 bits per heavy atom. The quantitative estimate of drug-likeness (QED) is 0.662. The number of benzene rings is 2. The largest absolute Gasteiger partial charge is 0.325 e. The second kappa shape index (κ2) is 7.35. The molecule has 0 bridgehead atoms. The van der Waals surface area contributed by atoms with Crippen LogP contribution in [0.15, 0.2) is 48.5 Å². The number of hydrogen-bond donors (Lipinski definition) is 1. The van der Waals surface area contributed by atoms with E-state index in [9.17, 15) is 14.4 Å². The van der Waals surface area contributed by atoms with E-state index in [1.165, 1.54) is 6.92 Å². The Balaban J connectivity index is 1.78. The Bertz CT molecular complexity index is 885. The molecule has 5 nitrogen and oxygen atoms in total. The Morgan fingerprint density at radius 3 is 2.33 bits per heavy atom. The molecule has 0 aromatic heterocycles. The van der Waals surface area contributed by atoms with Gasteiger partial charge in [-0.2, -0.15) is 0 Å². The molecule has 140 valence electrons. The number of carbonyl (C=O) groups excluding carboxylic acids is 3. The number of nitrogens with zero attached hydrogens (tertiary/aromatic N) is 1. The van der Waals surface area contributed by atoms with Crippen molar-refractivity contribution < 1.29 is 14.4 Å². The molecule has 0 atom stereocenters. The van der Waals surface area contributed by atoms with Crippen molar-refractivity contribution in [3.05, 3.63) is 59.7 Å². The molecule has 0 saturated heterocycles. The molecule has 2 aromatic carbocycles. The molecule has 0 aliphatic carbocycles. The van der Waals surface area contributed by atoms with E-state index in [-0.39, 0.29) is 17.6 Å². The first-order valence-corrected chi connectivity index (χ1v) is 9.13. The van der Waals surface area contributed by atoms with Crippen LogP contribution < -0.4 is 10.2 Å². The molecule has 0 spiro atoms. The van der Waals surface area contributed by atoms with Crippen LogP contribution >= 0.6 is 0 Å². The number of para-hydroxylation sites is 1. The van der Waals surface area contributed by atoms with Gasteiger partial charge in [0.25, 0.3) is 0 Å². The second-order valence-corrected chi connectivity index (χ2v) is 7.40. The minimum Gasteiger partial charge on any atom is -0.325 e. The number of nitrogens with one attached hydrogen (secondary N) is 1. The predicted octanol–water partition coefficient (Wildman–Crippen LogP) is 3.83. The van der Waals surface area contributed by atoms with E-state index >= 15 is 0 Å². The zero-order valence-corrected chi connectivity index (χ0v) is 15.9. The van der Waals surface area contributed by atoms with Crippen LogP contribution in [0.1, 0.15) is 43.1 Å². The van der Waals surface area contributed by atoms with Gasteiger partial charge in [-0.1, -0.05) is 18.2 Å². The highest BCUT2D eigenvalue weighted by Gasteiger charge is 2.40. The van der Waals surface area contributed by atoms with Gasteiger partial charge >= 0.3 is 0 Å². The lowest BCUT2D eigenvalue weighted by atomic mass is 9.88. The van der Waals surface area contributed by atoms with Gasteiger partial charge < -0.3 is 10.2 Å². The van der Waals surface area contributed by atoms with Gasteiger partial charge in [0, 0.05) is 23.5 Å². The fourth-order valence-corrected chi connectivity index (χ4v) is 3.25. The number of amides is 2. The van der Waals surface area contributed by atoms with Crippen molar-refractivity contribution in [2.24, 2.45) is 5.41 Å². The van der Waals surface area contributed by atoms with Gasteiger partial charge in [0.2, 0.25) is 11.8 Å². The molecular weight excluding hydrogens is 340 g/mol. The number of rotatable bonds is 4. The molecule has 1 N–H and O–H groups in total. The van der Waals surface area contributed by atoms with Crippen LogP contribution in [0.2, 0.25) is 0 Å². The van der Waals surface area contributed by atoms with Gasteiger partial charge in [-0.25, -0.2) is 0 Å². The fourth-order valence-electron chi connectivity index (χ4n) is 3.25. The third-order valence-corrected chi connectivity index (χ3v) is 5.01. The molecule has 2 amide bonds. The van der Waals surface area contributed by atoms with Gasteiger partial charge in [-0.05, 0) is 69.5 Å². The maximum atomic E-state index is 13.2. The number of aryl methyl sites for hydroxylation is 1. The molecule has 0 unspecified atom stereocenters. The monoisotopic (exact) mass is 364 g/mol. The fraction of sp³-hybridized carbons (Fsp3) is 0.318. The summed E-state index contributed by atoms with van der Waals surface area (Å²) in [5.41, 5.74) is 1.94. The zero-order chi connectivity index (χ0) is 19.6. The van der Waals surface area contributed by atoms with Crippen LogP contribution in [0.25, 0.3) is 0 Å². The van der Waals surface area contributed by atoms with Gasteiger partial charge in [-0.15, -0.1) is 0 Å². The molecule has 1 aliphatic rings. The van der Waals surface area contributed by atoms with Crippen LogP contribution in [-0.4, -0.2) is 24.1 Å². The summed E-state index contributed by atoms with van der Waals surface area (Å²) in [5, 5.41) is 2.79. The van der Waals surface area contributed by atoms with Crippen LogP contribution in [0.5, 0.6) is 0 Å². The number of ketones is 1. The van der Waals surface area contributed by atoms with Crippen LogP contribution in [0.4, 0.5) is 11.4 Å². The summed E-state index contributed by atoms with van der Waals surface area (Å²) in [5.74, 6) is -0.620. The number of Topliss-reactive ketones (excluding diaryl/α,β-unsaturated/α-hetero) is 1. The van der Waals surface area contributed by atoms with Crippen LogP contribution in [-0.2, 0) is 16.0 Å². The Morgan fingerprint density at radius 1 is 1.00 bits per heavy atom. The molecule has 0 saturated carbocycles. The van der Waals surface area contributed by atoms with Crippen molar-refractivity contribution in [1.29, 1.82) is 0 Å². The number of anilines is 2. The molecule has 1 heterocycles. The van der Waals surface area contributed by atoms with E-state index in [1.54, 1.807) is 43.0 Å². The van der Waals surface area contributed by atoms with Gasteiger partial charge in [0.1, 0.15) is 5.41 Å². The first kappa shape index (κ1) is 18.8.